The third kappa shape index (κ3) is 6.48. The van der Waals surface area contributed by atoms with Crippen LogP contribution in [0.4, 0.5) is 19.0 Å². The Morgan fingerprint density at radius 2 is 1.67 bits per heavy atom. The Morgan fingerprint density at radius 1 is 1.03 bits per heavy atom. The monoisotopic (exact) mass is 565 g/mol. The summed E-state index contributed by atoms with van der Waals surface area (Å²) in [5.74, 6) is 0.541. The maximum Gasteiger partial charge on any atom is 0.416 e. The van der Waals surface area contributed by atoms with Crippen molar-refractivity contribution in [1.82, 2.24) is 19.2 Å². The van der Waals surface area contributed by atoms with Crippen LogP contribution in [0.3, 0.4) is 0 Å². The number of sulfonamides is 1. The molecule has 0 spiro atoms. The van der Waals surface area contributed by atoms with Crippen molar-refractivity contribution < 1.29 is 31.1 Å². The van der Waals surface area contributed by atoms with Gasteiger partial charge in [-0.2, -0.15) is 17.5 Å². The van der Waals surface area contributed by atoms with E-state index in [9.17, 15) is 26.4 Å². The number of para-hydroxylation sites is 1. The molecule has 1 aliphatic heterocycles. The van der Waals surface area contributed by atoms with E-state index in [1.807, 2.05) is 43.0 Å². The molecule has 0 bridgehead atoms. The Morgan fingerprint density at radius 3 is 2.26 bits per heavy atom. The summed E-state index contributed by atoms with van der Waals surface area (Å²) in [5.41, 5.74) is -0.206. The molecule has 1 fully saturated rings. The third-order valence-corrected chi connectivity index (χ3v) is 8.49. The van der Waals surface area contributed by atoms with Crippen LogP contribution in [0.15, 0.2) is 53.4 Å². The molecule has 1 N–H and O–H groups in total. The van der Waals surface area contributed by atoms with E-state index in [1.165, 1.54) is 11.4 Å². The van der Waals surface area contributed by atoms with E-state index >= 15 is 0 Å². The van der Waals surface area contributed by atoms with Crippen molar-refractivity contribution in [2.24, 2.45) is 5.92 Å². The zero-order valence-corrected chi connectivity index (χ0v) is 22.6. The van der Waals surface area contributed by atoms with Crippen LogP contribution in [0.25, 0.3) is 10.9 Å². The molecule has 9 nitrogen and oxygen atoms in total. The number of fused-ring (bicyclic) bond motifs is 1. The number of hydrogen-bond donors (Lipinski definition) is 1. The van der Waals surface area contributed by atoms with Crippen LogP contribution < -0.4 is 5.32 Å². The molecule has 210 valence electrons. The summed E-state index contributed by atoms with van der Waals surface area (Å²) >= 11 is 0. The molecule has 1 aromatic heterocycles. The summed E-state index contributed by atoms with van der Waals surface area (Å²) in [4.78, 5) is 23.5. The number of alkyl halides is 3. The zero-order valence-electron chi connectivity index (χ0n) is 21.8. The van der Waals surface area contributed by atoms with Gasteiger partial charge in [-0.3, -0.25) is 4.90 Å². The van der Waals surface area contributed by atoms with Gasteiger partial charge in [0.1, 0.15) is 17.7 Å². The summed E-state index contributed by atoms with van der Waals surface area (Å²) in [6.07, 6.45) is -4.54. The van der Waals surface area contributed by atoms with Crippen LogP contribution in [0.1, 0.15) is 25.2 Å². The zero-order chi connectivity index (χ0) is 28.4. The van der Waals surface area contributed by atoms with Gasteiger partial charge >= 0.3 is 12.1 Å². The molecule has 4 rings (SSSR count). The smallest absolute Gasteiger partial charge is 0.416 e. The SMILES string of the molecule is COC(=O)[C@@H](Nc1nc(CN2CCN(S(=O)(=O)c3ccc(C(F)(F)F)cc3)CC2)nc2ccccc12)C(C)C. The van der Waals surface area contributed by atoms with Crippen molar-refractivity contribution in [3.8, 4) is 0 Å². The molecule has 0 saturated carbocycles. The predicted octanol–water partition coefficient (Wildman–Crippen LogP) is 3.76. The second-order valence-corrected chi connectivity index (χ2v) is 11.5. The number of hydrogen-bond acceptors (Lipinski definition) is 8. The van der Waals surface area contributed by atoms with E-state index in [1.54, 1.807) is 0 Å². The van der Waals surface area contributed by atoms with Gasteiger partial charge in [0.25, 0.3) is 0 Å². The summed E-state index contributed by atoms with van der Waals surface area (Å²) in [6.45, 7) is 5.25. The molecule has 2 heterocycles. The van der Waals surface area contributed by atoms with Gasteiger partial charge in [-0.15, -0.1) is 0 Å². The fourth-order valence-corrected chi connectivity index (χ4v) is 5.79. The Hall–Kier alpha value is -3.29. The van der Waals surface area contributed by atoms with E-state index < -0.39 is 33.8 Å². The molecule has 1 saturated heterocycles. The molecule has 0 unspecified atom stereocenters. The molecule has 0 amide bonds. The first kappa shape index (κ1) is 28.7. The molecule has 39 heavy (non-hydrogen) atoms. The number of ether oxygens (including phenoxy) is 1. The second-order valence-electron chi connectivity index (χ2n) is 9.60. The number of halogens is 3. The number of carbonyl (C=O) groups excluding carboxylic acids is 1. The Bertz CT molecular complexity index is 1420. The first-order chi connectivity index (χ1) is 18.4. The van der Waals surface area contributed by atoms with Crippen LogP contribution >= 0.6 is 0 Å². The maximum absolute atomic E-state index is 13.0. The minimum Gasteiger partial charge on any atom is -0.467 e. The highest BCUT2D eigenvalue weighted by Crippen LogP contribution is 2.30. The molecule has 13 heteroatoms. The van der Waals surface area contributed by atoms with Crippen LogP contribution in [-0.2, 0) is 32.3 Å². The van der Waals surface area contributed by atoms with E-state index in [2.05, 4.69) is 15.3 Å². The van der Waals surface area contributed by atoms with Gasteiger partial charge in [-0.25, -0.2) is 23.2 Å². The van der Waals surface area contributed by atoms with E-state index in [0.29, 0.717) is 36.8 Å². The number of nitrogens with zero attached hydrogens (tertiary/aromatic N) is 4. The van der Waals surface area contributed by atoms with Gasteiger partial charge in [0.05, 0.1) is 29.6 Å². The lowest BCUT2D eigenvalue weighted by Gasteiger charge is -2.33. The normalized spacial score (nSPS) is 16.4. The number of benzene rings is 2. The quantitative estimate of drug-likeness (QED) is 0.412. The molecule has 0 aliphatic carbocycles. The topological polar surface area (TPSA) is 105 Å². The average Bonchev–Trinajstić information content (AvgIpc) is 2.91. The van der Waals surface area contributed by atoms with Crippen LogP contribution in [0.5, 0.6) is 0 Å². The number of carbonyl (C=O) groups is 1. The van der Waals surface area contributed by atoms with Crippen LogP contribution in [0.2, 0.25) is 0 Å². The average molecular weight is 566 g/mol. The molecule has 3 aromatic rings. The minimum atomic E-state index is -4.54. The van der Waals surface area contributed by atoms with Crippen LogP contribution in [-0.4, -0.2) is 72.9 Å². The number of aromatic nitrogens is 2. The van der Waals surface area contributed by atoms with Gasteiger partial charge in [-0.05, 0) is 42.3 Å². The number of esters is 1. The van der Waals surface area contributed by atoms with Gasteiger partial charge in [0, 0.05) is 31.6 Å². The molecule has 1 aliphatic rings. The first-order valence-corrected chi connectivity index (χ1v) is 13.8. The predicted molar refractivity (Wildman–Crippen MR) is 139 cm³/mol. The third-order valence-electron chi connectivity index (χ3n) is 6.58. The largest absolute Gasteiger partial charge is 0.467 e. The lowest BCUT2D eigenvalue weighted by Crippen LogP contribution is -2.48. The van der Waals surface area contributed by atoms with Crippen molar-refractivity contribution in [3.05, 3.63) is 59.9 Å². The van der Waals surface area contributed by atoms with Gasteiger partial charge in [0.2, 0.25) is 10.0 Å². The Kier molecular flexibility index (Phi) is 8.42. The Balaban J connectivity index is 1.48. The number of rotatable bonds is 8. The summed E-state index contributed by atoms with van der Waals surface area (Å²) in [7, 11) is -2.60. The van der Waals surface area contributed by atoms with E-state index in [4.69, 9.17) is 4.74 Å². The highest BCUT2D eigenvalue weighted by atomic mass is 32.2. The molecule has 0 radical (unpaired) electrons. The lowest BCUT2D eigenvalue weighted by molar-refractivity contribution is -0.142. The van der Waals surface area contributed by atoms with Crippen molar-refractivity contribution in [2.45, 2.75) is 37.5 Å². The highest BCUT2D eigenvalue weighted by molar-refractivity contribution is 7.89. The fraction of sp³-hybridized carbons (Fsp3) is 0.423. The number of methoxy groups -OCH3 is 1. The summed E-state index contributed by atoms with van der Waals surface area (Å²) in [6, 6.07) is 10.3. The van der Waals surface area contributed by atoms with Gasteiger partial charge in [0.15, 0.2) is 0 Å². The van der Waals surface area contributed by atoms with Crippen molar-refractivity contribution >= 4 is 32.7 Å². The molecule has 1 atom stereocenters. The minimum absolute atomic E-state index is 0.0608. The number of piperazine rings is 1. The highest BCUT2D eigenvalue weighted by Gasteiger charge is 2.33. The molecular formula is C26H30F3N5O4S. The van der Waals surface area contributed by atoms with E-state index in [0.717, 1.165) is 29.7 Å². The second kappa shape index (κ2) is 11.4. The van der Waals surface area contributed by atoms with Gasteiger partial charge < -0.3 is 10.1 Å². The molecule has 2 aromatic carbocycles. The van der Waals surface area contributed by atoms with Crippen LogP contribution in [0, 0.1) is 5.92 Å². The number of anilines is 1. The first-order valence-electron chi connectivity index (χ1n) is 12.4. The summed E-state index contributed by atoms with van der Waals surface area (Å²) < 4.78 is 70.8. The number of nitrogens with one attached hydrogen (secondary N) is 1. The lowest BCUT2D eigenvalue weighted by atomic mass is 10.0. The summed E-state index contributed by atoms with van der Waals surface area (Å²) in [5, 5.41) is 3.96. The van der Waals surface area contributed by atoms with Gasteiger partial charge in [-0.1, -0.05) is 26.0 Å². The van der Waals surface area contributed by atoms with Crippen molar-refractivity contribution in [2.75, 3.05) is 38.6 Å². The Labute approximate surface area is 225 Å². The van der Waals surface area contributed by atoms with Crippen molar-refractivity contribution in [3.63, 3.8) is 0 Å². The maximum atomic E-state index is 13.0. The molecular weight excluding hydrogens is 535 g/mol. The van der Waals surface area contributed by atoms with E-state index in [-0.39, 0.29) is 23.9 Å². The standard InChI is InChI=1S/C26H30F3N5O4S/c1-17(2)23(25(35)38-3)32-24-20-6-4-5-7-21(20)30-22(31-24)16-33-12-14-34(15-13-33)39(36,37)19-10-8-18(9-11-19)26(27,28)29/h4-11,17,23H,12-16H2,1-3H3,(H,30,31,32)/t23-/m0/s1. The fourth-order valence-electron chi connectivity index (χ4n) is 4.37. The van der Waals surface area contributed by atoms with Crippen molar-refractivity contribution in [1.29, 1.82) is 0 Å².